The minimum absolute atomic E-state index is 0.498. The third-order valence-corrected chi connectivity index (χ3v) is 4.61. The van der Waals surface area contributed by atoms with Gasteiger partial charge in [0.15, 0.2) is 0 Å². The molecule has 0 aliphatic carbocycles. The molecule has 0 aromatic heterocycles. The van der Waals surface area contributed by atoms with Crippen molar-refractivity contribution in [1.82, 2.24) is 10.2 Å². The fourth-order valence-corrected chi connectivity index (χ4v) is 2.92. The van der Waals surface area contributed by atoms with Crippen LogP contribution in [0.3, 0.4) is 0 Å². The molecule has 19 heavy (non-hydrogen) atoms. The average Bonchev–Trinajstić information content (AvgIpc) is 2.86. The van der Waals surface area contributed by atoms with Gasteiger partial charge in [-0.3, -0.25) is 4.90 Å². The second-order valence-corrected chi connectivity index (χ2v) is 6.31. The summed E-state index contributed by atoms with van der Waals surface area (Å²) in [5.74, 6) is 0. The highest BCUT2D eigenvalue weighted by molar-refractivity contribution is 6.42. The summed E-state index contributed by atoms with van der Waals surface area (Å²) in [6.45, 7) is 7.53. The van der Waals surface area contributed by atoms with Crippen molar-refractivity contribution in [3.8, 4) is 0 Å². The molecule has 0 radical (unpaired) electrons. The molecule has 1 aliphatic heterocycles. The van der Waals surface area contributed by atoms with Gasteiger partial charge in [-0.1, -0.05) is 35.3 Å². The Balaban J connectivity index is 2.05. The molecular formula is C15H22Cl2N2. The SMILES string of the molecule is CC(C)N(Cc1cccc(Cl)c1Cl)CC1CCCN1. The predicted octanol–water partition coefficient (Wildman–Crippen LogP) is 3.96. The largest absolute Gasteiger partial charge is 0.313 e. The quantitative estimate of drug-likeness (QED) is 0.885. The van der Waals surface area contributed by atoms with Crippen LogP contribution in [0, 0.1) is 0 Å². The number of benzene rings is 1. The van der Waals surface area contributed by atoms with Gasteiger partial charge >= 0.3 is 0 Å². The Morgan fingerprint density at radius 1 is 1.37 bits per heavy atom. The van der Waals surface area contributed by atoms with Gasteiger partial charge in [0.05, 0.1) is 10.0 Å². The number of hydrogen-bond acceptors (Lipinski definition) is 2. The van der Waals surface area contributed by atoms with Crippen molar-refractivity contribution in [1.29, 1.82) is 0 Å². The molecule has 1 aromatic carbocycles. The maximum Gasteiger partial charge on any atom is 0.0637 e. The summed E-state index contributed by atoms with van der Waals surface area (Å²) in [7, 11) is 0. The van der Waals surface area contributed by atoms with Crippen LogP contribution in [0.4, 0.5) is 0 Å². The van der Waals surface area contributed by atoms with Crippen molar-refractivity contribution < 1.29 is 0 Å². The van der Waals surface area contributed by atoms with Crippen LogP contribution in [0.2, 0.25) is 10.0 Å². The highest BCUT2D eigenvalue weighted by atomic mass is 35.5. The zero-order chi connectivity index (χ0) is 13.8. The number of nitrogens with one attached hydrogen (secondary N) is 1. The fraction of sp³-hybridized carbons (Fsp3) is 0.600. The third-order valence-electron chi connectivity index (χ3n) is 3.75. The molecule has 1 N–H and O–H groups in total. The number of rotatable bonds is 5. The summed E-state index contributed by atoms with van der Waals surface area (Å²) in [5.41, 5.74) is 1.11. The van der Waals surface area contributed by atoms with E-state index in [1.807, 2.05) is 12.1 Å². The zero-order valence-corrected chi connectivity index (χ0v) is 13.1. The predicted molar refractivity (Wildman–Crippen MR) is 83.0 cm³/mol. The number of halogens is 2. The first-order chi connectivity index (χ1) is 9.08. The summed E-state index contributed by atoms with van der Waals surface area (Å²) < 4.78 is 0. The normalized spacial score (nSPS) is 19.6. The van der Waals surface area contributed by atoms with E-state index in [4.69, 9.17) is 23.2 Å². The van der Waals surface area contributed by atoms with Gasteiger partial charge in [0.2, 0.25) is 0 Å². The van der Waals surface area contributed by atoms with Gasteiger partial charge in [-0.2, -0.15) is 0 Å². The van der Waals surface area contributed by atoms with Crippen molar-refractivity contribution in [2.75, 3.05) is 13.1 Å². The molecule has 0 amide bonds. The lowest BCUT2D eigenvalue weighted by atomic mass is 10.1. The first-order valence-electron chi connectivity index (χ1n) is 6.98. The zero-order valence-electron chi connectivity index (χ0n) is 11.6. The molecule has 1 aliphatic rings. The molecule has 4 heteroatoms. The van der Waals surface area contributed by atoms with Crippen LogP contribution in [-0.2, 0) is 6.54 Å². The highest BCUT2D eigenvalue weighted by Gasteiger charge is 2.20. The lowest BCUT2D eigenvalue weighted by molar-refractivity contribution is 0.194. The van der Waals surface area contributed by atoms with Crippen LogP contribution in [0.15, 0.2) is 18.2 Å². The smallest absolute Gasteiger partial charge is 0.0637 e. The molecule has 0 saturated carbocycles. The van der Waals surface area contributed by atoms with E-state index in [0.717, 1.165) is 25.2 Å². The van der Waals surface area contributed by atoms with Gasteiger partial charge in [0.25, 0.3) is 0 Å². The van der Waals surface area contributed by atoms with Gasteiger partial charge in [0.1, 0.15) is 0 Å². The summed E-state index contributed by atoms with van der Waals surface area (Å²) in [6, 6.07) is 6.98. The molecule has 1 fully saturated rings. The molecule has 1 heterocycles. The molecule has 1 atom stereocenters. The van der Waals surface area contributed by atoms with Crippen LogP contribution in [0.25, 0.3) is 0 Å². The van der Waals surface area contributed by atoms with Crippen molar-refractivity contribution in [2.24, 2.45) is 0 Å². The molecule has 106 valence electrons. The van der Waals surface area contributed by atoms with E-state index < -0.39 is 0 Å². The lowest BCUT2D eigenvalue weighted by Gasteiger charge is -2.29. The molecule has 0 spiro atoms. The van der Waals surface area contributed by atoms with Gasteiger partial charge in [-0.15, -0.1) is 0 Å². The Morgan fingerprint density at radius 3 is 2.79 bits per heavy atom. The van der Waals surface area contributed by atoms with E-state index >= 15 is 0 Å². The second-order valence-electron chi connectivity index (χ2n) is 5.53. The van der Waals surface area contributed by atoms with Crippen LogP contribution in [0.5, 0.6) is 0 Å². The monoisotopic (exact) mass is 300 g/mol. The minimum atomic E-state index is 0.498. The van der Waals surface area contributed by atoms with Gasteiger partial charge in [-0.25, -0.2) is 0 Å². The number of nitrogens with zero attached hydrogens (tertiary/aromatic N) is 1. The maximum absolute atomic E-state index is 6.28. The molecule has 1 saturated heterocycles. The van der Waals surface area contributed by atoms with Crippen LogP contribution in [-0.4, -0.2) is 30.1 Å². The summed E-state index contributed by atoms with van der Waals surface area (Å²) in [4.78, 5) is 2.46. The standard InChI is InChI=1S/C15H22Cl2N2/c1-11(2)19(10-13-6-4-8-18-13)9-12-5-3-7-14(16)15(12)17/h3,5,7,11,13,18H,4,6,8-10H2,1-2H3. The summed E-state index contributed by atoms with van der Waals surface area (Å²) >= 11 is 12.4. The Labute approximate surface area is 126 Å². The van der Waals surface area contributed by atoms with E-state index in [1.54, 1.807) is 0 Å². The third kappa shape index (κ3) is 4.09. The molecule has 0 bridgehead atoms. The van der Waals surface area contributed by atoms with E-state index in [2.05, 4.69) is 30.1 Å². The highest BCUT2D eigenvalue weighted by Crippen LogP contribution is 2.27. The average molecular weight is 301 g/mol. The van der Waals surface area contributed by atoms with E-state index in [1.165, 1.54) is 12.8 Å². The van der Waals surface area contributed by atoms with Crippen LogP contribution < -0.4 is 5.32 Å². The molecule has 2 rings (SSSR count). The molecule has 1 aromatic rings. The van der Waals surface area contributed by atoms with E-state index in [-0.39, 0.29) is 0 Å². The second kappa shape index (κ2) is 6.94. The Bertz CT molecular complexity index is 415. The van der Waals surface area contributed by atoms with Crippen molar-refractivity contribution >= 4 is 23.2 Å². The first kappa shape index (κ1) is 15.1. The Morgan fingerprint density at radius 2 is 2.16 bits per heavy atom. The van der Waals surface area contributed by atoms with Crippen molar-refractivity contribution in [2.45, 2.75) is 45.3 Å². The van der Waals surface area contributed by atoms with Gasteiger partial charge < -0.3 is 5.32 Å². The molecule has 1 unspecified atom stereocenters. The Hall–Kier alpha value is -0.280. The van der Waals surface area contributed by atoms with Crippen LogP contribution >= 0.6 is 23.2 Å². The lowest BCUT2D eigenvalue weighted by Crippen LogP contribution is -2.40. The van der Waals surface area contributed by atoms with Gasteiger partial charge in [0, 0.05) is 25.2 Å². The van der Waals surface area contributed by atoms with E-state index in [0.29, 0.717) is 22.1 Å². The topological polar surface area (TPSA) is 15.3 Å². The van der Waals surface area contributed by atoms with Gasteiger partial charge in [-0.05, 0) is 44.9 Å². The fourth-order valence-electron chi connectivity index (χ4n) is 2.54. The van der Waals surface area contributed by atoms with Crippen LogP contribution in [0.1, 0.15) is 32.3 Å². The summed E-state index contributed by atoms with van der Waals surface area (Å²) in [6.07, 6.45) is 2.56. The molecular weight excluding hydrogens is 279 g/mol. The van der Waals surface area contributed by atoms with E-state index in [9.17, 15) is 0 Å². The minimum Gasteiger partial charge on any atom is -0.313 e. The van der Waals surface area contributed by atoms with Crippen molar-refractivity contribution in [3.63, 3.8) is 0 Å². The maximum atomic E-state index is 6.28. The van der Waals surface area contributed by atoms with Crippen molar-refractivity contribution in [3.05, 3.63) is 33.8 Å². The Kier molecular flexibility index (Phi) is 5.52. The first-order valence-corrected chi connectivity index (χ1v) is 7.74. The number of hydrogen-bond donors (Lipinski definition) is 1. The summed E-state index contributed by atoms with van der Waals surface area (Å²) in [5, 5.41) is 4.88. The molecule has 2 nitrogen and oxygen atoms in total.